The Bertz CT molecular complexity index is 617. The third-order valence-electron chi connectivity index (χ3n) is 5.50. The number of halogens is 5. The molecular weight excluding hydrogens is 428 g/mol. The molecule has 1 amide bonds. The topological polar surface area (TPSA) is 57.3 Å². The Morgan fingerprint density at radius 2 is 1.79 bits per heavy atom. The quantitative estimate of drug-likeness (QED) is 0.706. The number of carbonyl (C=O) groups excluding carboxylic acids is 1. The molecule has 1 aromatic rings. The molecule has 1 aromatic heterocycles. The van der Waals surface area contributed by atoms with E-state index in [1.54, 1.807) is 0 Å². The number of amides is 1. The molecule has 2 aliphatic rings. The Balaban J connectivity index is 0.00000210. The molecule has 0 unspecified atom stereocenters. The van der Waals surface area contributed by atoms with Crippen LogP contribution in [-0.4, -0.2) is 43.1 Å². The van der Waals surface area contributed by atoms with Crippen LogP contribution < -0.4 is 15.5 Å². The number of aromatic nitrogens is 1. The monoisotopic (exact) mass is 456 g/mol. The van der Waals surface area contributed by atoms with Gasteiger partial charge in [0.1, 0.15) is 5.82 Å². The van der Waals surface area contributed by atoms with Crippen LogP contribution in [0, 0.1) is 5.92 Å². The summed E-state index contributed by atoms with van der Waals surface area (Å²) < 4.78 is 37.9. The predicted octanol–water partition coefficient (Wildman–Crippen LogP) is 3.81. The number of nitrogens with zero attached hydrogens (tertiary/aromatic N) is 2. The lowest BCUT2D eigenvalue weighted by molar-refractivity contribution is -0.137. The van der Waals surface area contributed by atoms with E-state index in [-0.39, 0.29) is 36.8 Å². The third kappa shape index (κ3) is 7.83. The number of pyridine rings is 1. The van der Waals surface area contributed by atoms with Gasteiger partial charge < -0.3 is 15.5 Å². The summed E-state index contributed by atoms with van der Waals surface area (Å²) >= 11 is 0. The predicted molar refractivity (Wildman–Crippen MR) is 112 cm³/mol. The summed E-state index contributed by atoms with van der Waals surface area (Å²) in [5.74, 6) is 1.31. The van der Waals surface area contributed by atoms with Gasteiger partial charge in [-0.3, -0.25) is 4.79 Å². The zero-order valence-electron chi connectivity index (χ0n) is 16.2. The van der Waals surface area contributed by atoms with E-state index in [0.29, 0.717) is 31.2 Å². The van der Waals surface area contributed by atoms with Crippen molar-refractivity contribution in [3.05, 3.63) is 23.9 Å². The van der Waals surface area contributed by atoms with E-state index in [2.05, 4.69) is 15.6 Å². The second-order valence-corrected chi connectivity index (χ2v) is 7.46. The third-order valence-corrected chi connectivity index (χ3v) is 5.50. The van der Waals surface area contributed by atoms with Crippen LogP contribution in [0.2, 0.25) is 0 Å². The van der Waals surface area contributed by atoms with Crippen molar-refractivity contribution in [1.82, 2.24) is 15.6 Å². The first kappa shape index (κ1) is 25.8. The van der Waals surface area contributed by atoms with Crippen molar-refractivity contribution in [3.8, 4) is 0 Å². The molecule has 3 rings (SSSR count). The number of piperidine rings is 2. The SMILES string of the molecule is Cl.Cl.O=C(CCC1CCNCC1)NC1CCN(c2ccc(C(F)(F)F)cn2)CC1. The van der Waals surface area contributed by atoms with Crippen LogP contribution in [0.4, 0.5) is 19.0 Å². The summed E-state index contributed by atoms with van der Waals surface area (Å²) in [7, 11) is 0. The highest BCUT2D eigenvalue weighted by molar-refractivity contribution is 5.85. The van der Waals surface area contributed by atoms with Gasteiger partial charge in [0, 0.05) is 31.7 Å². The summed E-state index contributed by atoms with van der Waals surface area (Å²) in [4.78, 5) is 18.1. The Kier molecular flexibility index (Phi) is 10.5. The van der Waals surface area contributed by atoms with Crippen molar-refractivity contribution in [2.24, 2.45) is 5.92 Å². The molecule has 2 fully saturated rings. The molecule has 0 aliphatic carbocycles. The molecule has 2 saturated heterocycles. The summed E-state index contributed by atoms with van der Waals surface area (Å²) in [6.07, 6.45) is 1.88. The normalized spacial score (nSPS) is 18.5. The summed E-state index contributed by atoms with van der Waals surface area (Å²) in [6.45, 7) is 3.45. The van der Waals surface area contributed by atoms with Crippen molar-refractivity contribution in [2.75, 3.05) is 31.1 Å². The van der Waals surface area contributed by atoms with Gasteiger partial charge in [0.05, 0.1) is 5.56 Å². The van der Waals surface area contributed by atoms with Crippen LogP contribution in [0.15, 0.2) is 18.3 Å². The maximum absolute atomic E-state index is 12.6. The molecule has 2 N–H and O–H groups in total. The fourth-order valence-corrected chi connectivity index (χ4v) is 3.80. The minimum absolute atomic E-state index is 0. The number of hydrogen-bond acceptors (Lipinski definition) is 4. The number of rotatable bonds is 5. The number of carbonyl (C=O) groups is 1. The van der Waals surface area contributed by atoms with Crippen LogP contribution in [0.3, 0.4) is 0 Å². The second kappa shape index (κ2) is 11.8. The average Bonchev–Trinajstić information content (AvgIpc) is 2.67. The molecule has 29 heavy (non-hydrogen) atoms. The van der Waals surface area contributed by atoms with Crippen LogP contribution >= 0.6 is 24.8 Å². The largest absolute Gasteiger partial charge is 0.417 e. The van der Waals surface area contributed by atoms with E-state index >= 15 is 0 Å². The fourth-order valence-electron chi connectivity index (χ4n) is 3.80. The Labute approximate surface area is 182 Å². The molecule has 0 atom stereocenters. The molecule has 2 aliphatic heterocycles. The molecule has 3 heterocycles. The van der Waals surface area contributed by atoms with Gasteiger partial charge >= 0.3 is 6.18 Å². The molecule has 0 saturated carbocycles. The van der Waals surface area contributed by atoms with Crippen molar-refractivity contribution in [3.63, 3.8) is 0 Å². The number of nitrogens with one attached hydrogen (secondary N) is 2. The Morgan fingerprint density at radius 1 is 1.14 bits per heavy atom. The highest BCUT2D eigenvalue weighted by atomic mass is 35.5. The molecule has 0 radical (unpaired) electrons. The number of alkyl halides is 3. The van der Waals surface area contributed by atoms with Gasteiger partial charge in [0.2, 0.25) is 5.91 Å². The first-order valence-corrected chi connectivity index (χ1v) is 9.70. The minimum atomic E-state index is -4.36. The summed E-state index contributed by atoms with van der Waals surface area (Å²) in [5, 5.41) is 6.44. The highest BCUT2D eigenvalue weighted by Gasteiger charge is 2.31. The Hall–Kier alpha value is -1.25. The van der Waals surface area contributed by atoms with Crippen LogP contribution in [-0.2, 0) is 11.0 Å². The van der Waals surface area contributed by atoms with E-state index < -0.39 is 11.7 Å². The van der Waals surface area contributed by atoms with Gasteiger partial charge in [-0.2, -0.15) is 13.2 Å². The first-order valence-electron chi connectivity index (χ1n) is 9.70. The van der Waals surface area contributed by atoms with Crippen molar-refractivity contribution in [1.29, 1.82) is 0 Å². The van der Waals surface area contributed by atoms with Crippen molar-refractivity contribution >= 4 is 36.5 Å². The van der Waals surface area contributed by atoms with Gasteiger partial charge in [-0.05, 0) is 63.2 Å². The van der Waals surface area contributed by atoms with Crippen LogP contribution in [0.5, 0.6) is 0 Å². The number of hydrogen-bond donors (Lipinski definition) is 2. The van der Waals surface area contributed by atoms with Gasteiger partial charge in [-0.25, -0.2) is 4.98 Å². The zero-order valence-corrected chi connectivity index (χ0v) is 17.8. The van der Waals surface area contributed by atoms with Gasteiger partial charge in [-0.15, -0.1) is 24.8 Å². The molecular formula is C19H29Cl2F3N4O. The first-order chi connectivity index (χ1) is 12.9. The fraction of sp³-hybridized carbons (Fsp3) is 0.684. The van der Waals surface area contributed by atoms with Gasteiger partial charge in [0.25, 0.3) is 0 Å². The molecule has 166 valence electrons. The maximum Gasteiger partial charge on any atom is 0.417 e. The van der Waals surface area contributed by atoms with Crippen molar-refractivity contribution in [2.45, 2.75) is 50.7 Å². The maximum atomic E-state index is 12.6. The minimum Gasteiger partial charge on any atom is -0.356 e. The van der Waals surface area contributed by atoms with Gasteiger partial charge in [-0.1, -0.05) is 0 Å². The average molecular weight is 457 g/mol. The molecule has 0 spiro atoms. The lowest BCUT2D eigenvalue weighted by Gasteiger charge is -2.33. The summed E-state index contributed by atoms with van der Waals surface area (Å²) in [6, 6.07) is 2.62. The summed E-state index contributed by atoms with van der Waals surface area (Å²) in [5.41, 5.74) is -0.734. The smallest absolute Gasteiger partial charge is 0.356 e. The zero-order chi connectivity index (χ0) is 19.3. The van der Waals surface area contributed by atoms with E-state index in [1.807, 2.05) is 4.90 Å². The molecule has 10 heteroatoms. The van der Waals surface area contributed by atoms with E-state index in [9.17, 15) is 18.0 Å². The van der Waals surface area contributed by atoms with Gasteiger partial charge in [0.15, 0.2) is 0 Å². The van der Waals surface area contributed by atoms with E-state index in [1.165, 1.54) is 6.07 Å². The standard InChI is InChI=1S/C19H27F3N4O.2ClH/c20-19(21,22)15-2-3-17(24-13-15)26-11-7-16(8-12-26)25-18(27)4-1-14-5-9-23-10-6-14;;/h2-3,13-14,16,23H,1,4-12H2,(H,25,27);2*1H. The van der Waals surface area contributed by atoms with Crippen LogP contribution in [0.1, 0.15) is 44.1 Å². The molecule has 0 aromatic carbocycles. The van der Waals surface area contributed by atoms with E-state index in [0.717, 1.165) is 57.5 Å². The highest BCUT2D eigenvalue weighted by Crippen LogP contribution is 2.29. The van der Waals surface area contributed by atoms with E-state index in [4.69, 9.17) is 0 Å². The molecule has 0 bridgehead atoms. The molecule has 5 nitrogen and oxygen atoms in total. The lowest BCUT2D eigenvalue weighted by Crippen LogP contribution is -2.45. The van der Waals surface area contributed by atoms with Crippen LogP contribution in [0.25, 0.3) is 0 Å². The lowest BCUT2D eigenvalue weighted by atomic mass is 9.93. The van der Waals surface area contributed by atoms with Crippen molar-refractivity contribution < 1.29 is 18.0 Å². The second-order valence-electron chi connectivity index (χ2n) is 7.46. The Morgan fingerprint density at radius 3 is 2.34 bits per heavy atom. The number of anilines is 1.